The van der Waals surface area contributed by atoms with Crippen LogP contribution in [0.5, 0.6) is 0 Å². The van der Waals surface area contributed by atoms with Crippen LogP contribution in [-0.4, -0.2) is 30.2 Å². The second-order valence-corrected chi connectivity index (χ2v) is 4.44. The summed E-state index contributed by atoms with van der Waals surface area (Å²) in [4.78, 5) is 0. The molecule has 72 valence electrons. The van der Waals surface area contributed by atoms with Gasteiger partial charge in [-0.25, -0.2) is 8.42 Å². The molecule has 0 atom stereocenters. The number of aromatic nitrogens is 2. The third-order valence-corrected chi connectivity index (χ3v) is 2.85. The van der Waals surface area contributed by atoms with Gasteiger partial charge in [0.05, 0.1) is 5.75 Å². The average Bonchev–Trinajstić information content (AvgIpc) is 2.04. The zero-order valence-electron chi connectivity index (χ0n) is 6.64. The lowest BCUT2D eigenvalue weighted by Gasteiger charge is -2.03. The van der Waals surface area contributed by atoms with Crippen molar-refractivity contribution in [2.45, 2.75) is 0 Å². The molecule has 0 unspecified atom stereocenters. The van der Waals surface area contributed by atoms with Gasteiger partial charge in [0.25, 0.3) is 0 Å². The topological polar surface area (TPSA) is 72.0 Å². The van der Waals surface area contributed by atoms with Crippen molar-refractivity contribution in [1.82, 2.24) is 10.2 Å². The van der Waals surface area contributed by atoms with Gasteiger partial charge in [0, 0.05) is 12.1 Å². The Bertz CT molecular complexity index is 353. The lowest BCUT2D eigenvalue weighted by atomic mass is 10.6. The first-order valence-corrected chi connectivity index (χ1v) is 5.67. The minimum Gasteiger partial charge on any atom is -0.266 e. The highest BCUT2D eigenvalue weighted by Gasteiger charge is 2.09. The van der Waals surface area contributed by atoms with Gasteiger partial charge in [0.1, 0.15) is 0 Å². The second kappa shape index (κ2) is 4.38. The third kappa shape index (κ3) is 3.56. The fourth-order valence-corrected chi connectivity index (χ4v) is 2.01. The van der Waals surface area contributed by atoms with Crippen LogP contribution in [0.3, 0.4) is 0 Å². The van der Waals surface area contributed by atoms with Crippen LogP contribution >= 0.6 is 11.6 Å². The van der Waals surface area contributed by atoms with E-state index in [4.69, 9.17) is 11.6 Å². The Hall–Kier alpha value is -0.880. The molecule has 0 aliphatic heterocycles. The van der Waals surface area contributed by atoms with Crippen molar-refractivity contribution in [2.75, 3.05) is 16.4 Å². The molecule has 1 rings (SSSR count). The highest BCUT2D eigenvalue weighted by molar-refractivity contribution is 7.92. The largest absolute Gasteiger partial charge is 0.266 e. The Morgan fingerprint density at radius 1 is 1.54 bits per heavy atom. The van der Waals surface area contributed by atoms with Gasteiger partial charge in [0.15, 0.2) is 5.82 Å². The van der Waals surface area contributed by atoms with Crippen LogP contribution in [0.15, 0.2) is 18.3 Å². The first-order valence-electron chi connectivity index (χ1n) is 3.48. The number of nitrogens with zero attached hydrogens (tertiary/aromatic N) is 2. The summed E-state index contributed by atoms with van der Waals surface area (Å²) in [6.45, 7) is 0. The molecule has 1 N–H and O–H groups in total. The average molecular weight is 222 g/mol. The van der Waals surface area contributed by atoms with Crippen molar-refractivity contribution in [1.29, 1.82) is 0 Å². The predicted octanol–water partition coefficient (Wildman–Crippen LogP) is 0.457. The van der Waals surface area contributed by atoms with Gasteiger partial charge in [-0.2, -0.15) is 5.10 Å². The van der Waals surface area contributed by atoms with Crippen molar-refractivity contribution in [2.24, 2.45) is 0 Å². The highest BCUT2D eigenvalue weighted by Crippen LogP contribution is 2.02. The van der Waals surface area contributed by atoms with Crippen LogP contribution in [0.2, 0.25) is 0 Å². The molecule has 0 spiro atoms. The monoisotopic (exact) mass is 221 g/mol. The van der Waals surface area contributed by atoms with Crippen molar-refractivity contribution in [3.05, 3.63) is 18.3 Å². The smallest absolute Gasteiger partial charge is 0.235 e. The number of alkyl halides is 1. The van der Waals surface area contributed by atoms with Gasteiger partial charge in [-0.3, -0.25) is 4.72 Å². The highest BCUT2D eigenvalue weighted by atomic mass is 35.5. The van der Waals surface area contributed by atoms with E-state index in [-0.39, 0.29) is 17.5 Å². The standard InChI is InChI=1S/C6H8ClN3O2S/c7-3-5-13(11,12)10-6-2-1-4-8-9-6/h1-2,4H,3,5H2,(H,9,10). The maximum Gasteiger partial charge on any atom is 0.235 e. The molecule has 1 aromatic heterocycles. The maximum absolute atomic E-state index is 11.1. The van der Waals surface area contributed by atoms with Crippen molar-refractivity contribution in [3.63, 3.8) is 0 Å². The van der Waals surface area contributed by atoms with E-state index < -0.39 is 10.0 Å². The summed E-state index contributed by atoms with van der Waals surface area (Å²) in [6.07, 6.45) is 1.46. The van der Waals surface area contributed by atoms with Gasteiger partial charge >= 0.3 is 0 Å². The Morgan fingerprint density at radius 3 is 2.85 bits per heavy atom. The molecule has 0 saturated heterocycles. The van der Waals surface area contributed by atoms with E-state index in [1.807, 2.05) is 0 Å². The minimum atomic E-state index is -3.37. The fraction of sp³-hybridized carbons (Fsp3) is 0.333. The first kappa shape index (κ1) is 10.2. The van der Waals surface area contributed by atoms with E-state index in [1.165, 1.54) is 12.3 Å². The molecule has 13 heavy (non-hydrogen) atoms. The van der Waals surface area contributed by atoms with Gasteiger partial charge in [-0.05, 0) is 12.1 Å². The molecular formula is C6H8ClN3O2S. The van der Waals surface area contributed by atoms with E-state index in [1.54, 1.807) is 6.07 Å². The van der Waals surface area contributed by atoms with Crippen LogP contribution < -0.4 is 4.72 Å². The minimum absolute atomic E-state index is 0.0512. The molecule has 0 aliphatic carbocycles. The summed E-state index contributed by atoms with van der Waals surface area (Å²) < 4.78 is 24.5. The number of halogens is 1. The number of nitrogens with one attached hydrogen (secondary N) is 1. The molecule has 1 aromatic rings. The number of sulfonamides is 1. The summed E-state index contributed by atoms with van der Waals surface area (Å²) in [6, 6.07) is 3.10. The van der Waals surface area contributed by atoms with E-state index in [2.05, 4.69) is 14.9 Å². The van der Waals surface area contributed by atoms with E-state index in [0.29, 0.717) is 0 Å². The molecule has 0 amide bonds. The number of rotatable bonds is 4. The first-order chi connectivity index (χ1) is 6.14. The Kier molecular flexibility index (Phi) is 3.44. The molecule has 5 nitrogen and oxygen atoms in total. The third-order valence-electron chi connectivity index (χ3n) is 1.18. The van der Waals surface area contributed by atoms with Gasteiger partial charge in [-0.15, -0.1) is 16.7 Å². The summed E-state index contributed by atoms with van der Waals surface area (Å²) in [7, 11) is -3.37. The van der Waals surface area contributed by atoms with Crippen molar-refractivity contribution in [3.8, 4) is 0 Å². The molecule has 0 aliphatic rings. The maximum atomic E-state index is 11.1. The fourth-order valence-electron chi connectivity index (χ4n) is 0.668. The number of hydrogen-bond donors (Lipinski definition) is 1. The normalized spacial score (nSPS) is 11.2. The van der Waals surface area contributed by atoms with Crippen LogP contribution in [0.1, 0.15) is 0 Å². The van der Waals surface area contributed by atoms with Crippen molar-refractivity contribution < 1.29 is 8.42 Å². The second-order valence-electron chi connectivity index (χ2n) is 2.22. The summed E-state index contributed by atoms with van der Waals surface area (Å²) >= 11 is 5.30. The quantitative estimate of drug-likeness (QED) is 0.750. The Labute approximate surface area is 81.2 Å². The lowest BCUT2D eigenvalue weighted by Crippen LogP contribution is -2.18. The SMILES string of the molecule is O=S(=O)(CCCl)Nc1cccnn1. The summed E-state index contributed by atoms with van der Waals surface area (Å²) in [5, 5.41) is 7.08. The van der Waals surface area contributed by atoms with Gasteiger partial charge in [0.2, 0.25) is 10.0 Å². The molecule has 7 heteroatoms. The molecule has 0 fully saturated rings. The summed E-state index contributed by atoms with van der Waals surface area (Å²) in [5.41, 5.74) is 0. The number of hydrogen-bond acceptors (Lipinski definition) is 4. The van der Waals surface area contributed by atoms with Gasteiger partial charge in [-0.1, -0.05) is 0 Å². The van der Waals surface area contributed by atoms with Crippen LogP contribution in [0.25, 0.3) is 0 Å². The van der Waals surface area contributed by atoms with E-state index in [9.17, 15) is 8.42 Å². The molecular weight excluding hydrogens is 214 g/mol. The van der Waals surface area contributed by atoms with E-state index in [0.717, 1.165) is 0 Å². The van der Waals surface area contributed by atoms with Gasteiger partial charge < -0.3 is 0 Å². The molecule has 1 heterocycles. The Morgan fingerprint density at radius 2 is 2.31 bits per heavy atom. The molecule has 0 radical (unpaired) electrons. The van der Waals surface area contributed by atoms with E-state index >= 15 is 0 Å². The predicted molar refractivity (Wildman–Crippen MR) is 50.2 cm³/mol. The molecule has 0 bridgehead atoms. The zero-order chi connectivity index (χ0) is 9.73. The van der Waals surface area contributed by atoms with Crippen molar-refractivity contribution >= 4 is 27.4 Å². The Balaban J connectivity index is 2.70. The van der Waals surface area contributed by atoms with Crippen LogP contribution in [0.4, 0.5) is 5.82 Å². The van der Waals surface area contributed by atoms with Crippen LogP contribution in [0, 0.1) is 0 Å². The molecule has 0 saturated carbocycles. The summed E-state index contributed by atoms with van der Waals surface area (Å²) in [5.74, 6) is 0.119. The number of anilines is 1. The van der Waals surface area contributed by atoms with Crippen LogP contribution in [-0.2, 0) is 10.0 Å². The lowest BCUT2D eigenvalue weighted by molar-refractivity contribution is 0.602. The molecule has 0 aromatic carbocycles. The zero-order valence-corrected chi connectivity index (χ0v) is 8.22.